The lowest BCUT2D eigenvalue weighted by Crippen LogP contribution is -2.30. The van der Waals surface area contributed by atoms with E-state index in [9.17, 15) is 0 Å². The van der Waals surface area contributed by atoms with Gasteiger partial charge in [0, 0.05) is 30.2 Å². The van der Waals surface area contributed by atoms with E-state index < -0.39 is 0 Å². The topological polar surface area (TPSA) is 42.2 Å². The summed E-state index contributed by atoms with van der Waals surface area (Å²) in [7, 11) is 0. The zero-order chi connectivity index (χ0) is 13.0. The van der Waals surface area contributed by atoms with Crippen molar-refractivity contribution in [1.29, 1.82) is 0 Å². The van der Waals surface area contributed by atoms with Gasteiger partial charge in [-0.05, 0) is 18.9 Å². The van der Waals surface area contributed by atoms with Crippen molar-refractivity contribution in [1.82, 2.24) is 14.6 Å². The zero-order valence-electron chi connectivity index (χ0n) is 10.9. The molecule has 2 rings (SSSR count). The maximum atomic E-state index is 6.11. The van der Waals surface area contributed by atoms with Crippen LogP contribution in [0.1, 0.15) is 26.7 Å². The normalized spacial score (nSPS) is 11.9. The average Bonchev–Trinajstić information content (AvgIpc) is 2.90. The molecule has 0 aliphatic rings. The molecule has 0 aromatic carbocycles. The van der Waals surface area contributed by atoms with E-state index in [1.807, 2.05) is 16.8 Å². The number of halogens is 1. The molecule has 18 heavy (non-hydrogen) atoms. The van der Waals surface area contributed by atoms with Gasteiger partial charge in [-0.2, -0.15) is 5.10 Å². The van der Waals surface area contributed by atoms with Crippen LogP contribution in [0.15, 0.2) is 24.7 Å². The highest BCUT2D eigenvalue weighted by molar-refractivity contribution is 6.18. The Bertz CT molecular complexity index is 496. The van der Waals surface area contributed by atoms with Crippen LogP contribution < -0.4 is 5.32 Å². The van der Waals surface area contributed by atoms with Crippen molar-refractivity contribution in [3.63, 3.8) is 0 Å². The van der Waals surface area contributed by atoms with Crippen LogP contribution in [-0.4, -0.2) is 27.0 Å². The smallest absolute Gasteiger partial charge is 0.152 e. The van der Waals surface area contributed by atoms with E-state index in [0.717, 1.165) is 30.7 Å². The number of hydrogen-bond donors (Lipinski definition) is 1. The molecular weight excluding hydrogens is 248 g/mol. The number of nitrogens with zero attached hydrogens (tertiary/aromatic N) is 3. The third kappa shape index (κ3) is 2.43. The van der Waals surface area contributed by atoms with E-state index >= 15 is 0 Å². The molecule has 98 valence electrons. The summed E-state index contributed by atoms with van der Waals surface area (Å²) in [4.78, 5) is 4.37. The molecule has 0 spiro atoms. The van der Waals surface area contributed by atoms with Crippen LogP contribution in [-0.2, 0) is 0 Å². The van der Waals surface area contributed by atoms with Crippen LogP contribution in [0.5, 0.6) is 0 Å². The number of anilines is 1. The van der Waals surface area contributed by atoms with Crippen LogP contribution >= 0.6 is 11.6 Å². The van der Waals surface area contributed by atoms with Crippen molar-refractivity contribution in [2.45, 2.75) is 26.7 Å². The van der Waals surface area contributed by atoms with Gasteiger partial charge in [-0.3, -0.25) is 0 Å². The lowest BCUT2D eigenvalue weighted by molar-refractivity contribution is 0.326. The van der Waals surface area contributed by atoms with Gasteiger partial charge in [0.2, 0.25) is 0 Å². The molecule has 0 radical (unpaired) electrons. The third-order valence-corrected chi connectivity index (χ3v) is 4.31. The van der Waals surface area contributed by atoms with E-state index in [-0.39, 0.29) is 5.41 Å². The molecule has 2 aromatic heterocycles. The van der Waals surface area contributed by atoms with Gasteiger partial charge in [-0.15, -0.1) is 11.6 Å². The number of alkyl halides is 1. The van der Waals surface area contributed by atoms with Crippen molar-refractivity contribution in [3.8, 4) is 0 Å². The van der Waals surface area contributed by atoms with Crippen molar-refractivity contribution in [2.75, 3.05) is 17.7 Å². The fraction of sp³-hybridized carbons (Fsp3) is 0.538. The van der Waals surface area contributed by atoms with Gasteiger partial charge in [0.1, 0.15) is 5.52 Å². The van der Waals surface area contributed by atoms with E-state index in [2.05, 4.69) is 29.2 Å². The SMILES string of the molecule is CCC(CC)(CCl)CNc1nccn2nccc12. The van der Waals surface area contributed by atoms with Crippen LogP contribution in [0.25, 0.3) is 5.52 Å². The Labute approximate surface area is 112 Å². The molecule has 5 heteroatoms. The third-order valence-electron chi connectivity index (χ3n) is 3.74. The Morgan fingerprint density at radius 1 is 1.33 bits per heavy atom. The first-order valence-electron chi connectivity index (χ1n) is 6.33. The van der Waals surface area contributed by atoms with E-state index in [0.29, 0.717) is 5.88 Å². The second-order valence-electron chi connectivity index (χ2n) is 4.63. The first-order chi connectivity index (χ1) is 8.74. The van der Waals surface area contributed by atoms with E-state index in [1.54, 1.807) is 12.4 Å². The first kappa shape index (κ1) is 13.1. The fourth-order valence-electron chi connectivity index (χ4n) is 2.00. The molecule has 0 unspecified atom stereocenters. The van der Waals surface area contributed by atoms with Crippen LogP contribution in [0.4, 0.5) is 5.82 Å². The minimum atomic E-state index is 0.135. The van der Waals surface area contributed by atoms with Gasteiger partial charge in [0.15, 0.2) is 5.82 Å². The molecule has 1 N–H and O–H groups in total. The minimum Gasteiger partial charge on any atom is -0.368 e. The quantitative estimate of drug-likeness (QED) is 0.817. The number of fused-ring (bicyclic) bond motifs is 1. The molecule has 4 nitrogen and oxygen atoms in total. The standard InChI is InChI=1S/C13H19ClN4/c1-3-13(4-2,9-14)10-16-12-11-5-6-17-18(11)8-7-15-12/h5-8H,3-4,9-10H2,1-2H3,(H,15,16). The maximum absolute atomic E-state index is 6.11. The Kier molecular flexibility index (Phi) is 4.07. The van der Waals surface area contributed by atoms with Crippen LogP contribution in [0.2, 0.25) is 0 Å². The van der Waals surface area contributed by atoms with Gasteiger partial charge in [0.25, 0.3) is 0 Å². The Hall–Kier alpha value is -1.29. The molecule has 0 fully saturated rings. The molecule has 0 amide bonds. The second-order valence-corrected chi connectivity index (χ2v) is 4.90. The Morgan fingerprint density at radius 3 is 2.78 bits per heavy atom. The van der Waals surface area contributed by atoms with Crippen molar-refractivity contribution in [2.24, 2.45) is 5.41 Å². The molecule has 0 saturated heterocycles. The van der Waals surface area contributed by atoms with Gasteiger partial charge in [-0.25, -0.2) is 9.50 Å². The average molecular weight is 267 g/mol. The highest BCUT2D eigenvalue weighted by Gasteiger charge is 2.25. The van der Waals surface area contributed by atoms with Gasteiger partial charge < -0.3 is 5.32 Å². The maximum Gasteiger partial charge on any atom is 0.152 e. The van der Waals surface area contributed by atoms with Crippen LogP contribution in [0.3, 0.4) is 0 Å². The second kappa shape index (κ2) is 5.57. The molecule has 0 bridgehead atoms. The number of aromatic nitrogens is 3. The molecule has 2 heterocycles. The zero-order valence-corrected chi connectivity index (χ0v) is 11.6. The van der Waals surface area contributed by atoms with Crippen molar-refractivity contribution in [3.05, 3.63) is 24.7 Å². The predicted molar refractivity (Wildman–Crippen MR) is 75.2 cm³/mol. The van der Waals surface area contributed by atoms with Crippen LogP contribution in [0, 0.1) is 5.41 Å². The molecular formula is C13H19ClN4. The predicted octanol–water partition coefficient (Wildman–Crippen LogP) is 3.19. The summed E-state index contributed by atoms with van der Waals surface area (Å²) in [5.41, 5.74) is 1.13. The van der Waals surface area contributed by atoms with E-state index in [1.165, 1.54) is 0 Å². The minimum absolute atomic E-state index is 0.135. The lowest BCUT2D eigenvalue weighted by Gasteiger charge is -2.29. The number of hydrogen-bond acceptors (Lipinski definition) is 3. The van der Waals surface area contributed by atoms with Gasteiger partial charge >= 0.3 is 0 Å². The van der Waals surface area contributed by atoms with Gasteiger partial charge in [-0.1, -0.05) is 13.8 Å². The number of rotatable bonds is 6. The number of nitrogens with one attached hydrogen (secondary N) is 1. The Morgan fingerprint density at radius 2 is 2.11 bits per heavy atom. The summed E-state index contributed by atoms with van der Waals surface area (Å²) in [6, 6.07) is 1.95. The summed E-state index contributed by atoms with van der Waals surface area (Å²) >= 11 is 6.11. The molecule has 0 aliphatic carbocycles. The first-order valence-corrected chi connectivity index (χ1v) is 6.86. The molecule has 0 aliphatic heterocycles. The summed E-state index contributed by atoms with van der Waals surface area (Å²) < 4.78 is 1.82. The summed E-state index contributed by atoms with van der Waals surface area (Å²) in [6.07, 6.45) is 7.49. The summed E-state index contributed by atoms with van der Waals surface area (Å²) in [5, 5.41) is 7.61. The van der Waals surface area contributed by atoms with Crippen molar-refractivity contribution >= 4 is 22.9 Å². The molecule has 0 atom stereocenters. The summed E-state index contributed by atoms with van der Waals surface area (Å²) in [6.45, 7) is 5.20. The van der Waals surface area contributed by atoms with E-state index in [4.69, 9.17) is 11.6 Å². The van der Waals surface area contributed by atoms with Gasteiger partial charge in [0.05, 0.1) is 6.20 Å². The highest BCUT2D eigenvalue weighted by atomic mass is 35.5. The largest absolute Gasteiger partial charge is 0.368 e. The molecule has 0 saturated carbocycles. The fourth-order valence-corrected chi connectivity index (χ4v) is 2.47. The monoisotopic (exact) mass is 266 g/mol. The summed E-state index contributed by atoms with van der Waals surface area (Å²) in [5.74, 6) is 1.53. The lowest BCUT2D eigenvalue weighted by atomic mass is 9.84. The molecule has 2 aromatic rings. The highest BCUT2D eigenvalue weighted by Crippen LogP contribution is 2.28. The Balaban J connectivity index is 2.17. The van der Waals surface area contributed by atoms with Crippen molar-refractivity contribution < 1.29 is 0 Å².